The van der Waals surface area contributed by atoms with Crippen LogP contribution < -0.4 is 20.2 Å². The summed E-state index contributed by atoms with van der Waals surface area (Å²) in [5, 5.41) is 19.8. The molecule has 4 aromatic rings. The normalized spacial score (nSPS) is 20.3. The van der Waals surface area contributed by atoms with Crippen molar-refractivity contribution >= 4 is 24.4 Å². The predicted octanol–water partition coefficient (Wildman–Crippen LogP) is 4.86. The molecule has 0 radical (unpaired) electrons. The Balaban J connectivity index is 1.02. The minimum absolute atomic E-state index is 0.0429. The molecular weight excluding hydrogens is 670 g/mol. The molecule has 276 valence electrons. The lowest BCUT2D eigenvalue weighted by atomic mass is 9.86. The maximum atomic E-state index is 15.0. The fourth-order valence-electron chi connectivity index (χ4n) is 7.19. The van der Waals surface area contributed by atoms with Crippen LogP contribution >= 0.6 is 0 Å². The minimum Gasteiger partial charge on any atom is -0.493 e. The van der Waals surface area contributed by atoms with Crippen molar-refractivity contribution in [1.82, 2.24) is 19.4 Å². The Morgan fingerprint density at radius 1 is 1.06 bits per heavy atom. The number of hydrogen-bond acceptors (Lipinski definition) is 9. The SMILES string of the molecule is C=NN(C=NC)CC1(c2ccc(F)cc2F)CC(COc2ccc(N3CCN(c4ccc(-n5cnn(C(CC)C(C)O)c5=O)cc4)CC3)cc2)CO1. The zero-order valence-corrected chi connectivity index (χ0v) is 29.8. The summed E-state index contributed by atoms with van der Waals surface area (Å²) in [4.78, 5) is 21.7. The molecule has 1 N–H and O–H groups in total. The number of rotatable bonds is 14. The van der Waals surface area contributed by atoms with Crippen LogP contribution in [-0.2, 0) is 10.3 Å². The second-order valence-corrected chi connectivity index (χ2v) is 13.4. The lowest BCUT2D eigenvalue weighted by molar-refractivity contribution is -0.0179. The van der Waals surface area contributed by atoms with E-state index in [2.05, 4.69) is 43.8 Å². The highest BCUT2D eigenvalue weighted by molar-refractivity contribution is 5.56. The minimum atomic E-state index is -1.08. The Hall–Kier alpha value is -5.08. The van der Waals surface area contributed by atoms with Gasteiger partial charge in [0, 0.05) is 68.9 Å². The Labute approximate surface area is 302 Å². The van der Waals surface area contributed by atoms with Crippen molar-refractivity contribution in [3.05, 3.63) is 101 Å². The first-order chi connectivity index (χ1) is 25.1. The fourth-order valence-corrected chi connectivity index (χ4v) is 7.19. The van der Waals surface area contributed by atoms with Crippen LogP contribution in [-0.4, -0.2) is 96.6 Å². The summed E-state index contributed by atoms with van der Waals surface area (Å²) in [5.41, 5.74) is 1.81. The van der Waals surface area contributed by atoms with E-state index in [1.807, 2.05) is 43.3 Å². The highest BCUT2D eigenvalue weighted by atomic mass is 19.1. The van der Waals surface area contributed by atoms with Crippen molar-refractivity contribution in [3.63, 3.8) is 0 Å². The number of aliphatic hydroxyl groups is 1. The molecule has 12 nitrogen and oxygen atoms in total. The van der Waals surface area contributed by atoms with Crippen LogP contribution in [0.3, 0.4) is 0 Å². The van der Waals surface area contributed by atoms with Crippen LogP contribution in [0.5, 0.6) is 5.75 Å². The average molecular weight is 717 g/mol. The van der Waals surface area contributed by atoms with Crippen molar-refractivity contribution in [1.29, 1.82) is 0 Å². The first-order valence-corrected chi connectivity index (χ1v) is 17.6. The summed E-state index contributed by atoms with van der Waals surface area (Å²) >= 11 is 0. The van der Waals surface area contributed by atoms with E-state index < -0.39 is 23.3 Å². The molecule has 0 aliphatic carbocycles. The molecule has 0 bridgehead atoms. The summed E-state index contributed by atoms with van der Waals surface area (Å²) in [5.74, 6) is -0.648. The third kappa shape index (κ3) is 7.87. The van der Waals surface area contributed by atoms with Crippen molar-refractivity contribution in [2.45, 2.75) is 44.4 Å². The number of halogens is 2. The van der Waals surface area contributed by atoms with Crippen molar-refractivity contribution < 1.29 is 23.4 Å². The van der Waals surface area contributed by atoms with Crippen LogP contribution in [0.4, 0.5) is 20.2 Å². The number of ether oxygens (including phenoxy) is 2. The number of benzene rings is 3. The molecule has 2 fully saturated rings. The summed E-state index contributed by atoms with van der Waals surface area (Å²) in [6, 6.07) is 19.1. The highest BCUT2D eigenvalue weighted by Gasteiger charge is 2.45. The number of aromatic nitrogens is 3. The van der Waals surface area contributed by atoms with Crippen LogP contribution in [0.15, 0.2) is 87.9 Å². The topological polar surface area (TPSA) is 113 Å². The molecule has 52 heavy (non-hydrogen) atoms. The molecule has 3 aromatic carbocycles. The molecule has 4 atom stereocenters. The van der Waals surface area contributed by atoms with Crippen LogP contribution in [0, 0.1) is 17.6 Å². The Morgan fingerprint density at radius 2 is 1.69 bits per heavy atom. The second-order valence-electron chi connectivity index (χ2n) is 13.4. The second kappa shape index (κ2) is 16.1. The predicted molar refractivity (Wildman–Crippen MR) is 198 cm³/mol. The van der Waals surface area contributed by atoms with Crippen molar-refractivity contribution in [2.75, 3.05) is 62.8 Å². The van der Waals surface area contributed by atoms with Gasteiger partial charge in [0.15, 0.2) is 0 Å². The summed E-state index contributed by atoms with van der Waals surface area (Å²) in [7, 11) is 1.61. The quantitative estimate of drug-likeness (QED) is 0.112. The fraction of sp³-hybridized carbons (Fsp3) is 0.421. The summed E-state index contributed by atoms with van der Waals surface area (Å²) in [6.45, 7) is 11.4. The van der Waals surface area contributed by atoms with E-state index in [-0.39, 0.29) is 29.8 Å². The smallest absolute Gasteiger partial charge is 0.350 e. The molecular formula is C38H46F2N8O4. The maximum absolute atomic E-state index is 15.0. The van der Waals surface area contributed by atoms with E-state index in [1.165, 1.54) is 39.1 Å². The van der Waals surface area contributed by atoms with E-state index in [4.69, 9.17) is 9.47 Å². The van der Waals surface area contributed by atoms with Gasteiger partial charge in [-0.2, -0.15) is 10.2 Å². The van der Waals surface area contributed by atoms with Gasteiger partial charge in [-0.1, -0.05) is 13.0 Å². The van der Waals surface area contributed by atoms with Crippen LogP contribution in [0.25, 0.3) is 5.69 Å². The molecule has 14 heteroatoms. The highest BCUT2D eigenvalue weighted by Crippen LogP contribution is 2.41. The van der Waals surface area contributed by atoms with Gasteiger partial charge in [0.2, 0.25) is 0 Å². The van der Waals surface area contributed by atoms with E-state index in [0.717, 1.165) is 55.1 Å². The van der Waals surface area contributed by atoms with Crippen molar-refractivity contribution in [2.24, 2.45) is 16.0 Å². The van der Waals surface area contributed by atoms with E-state index in [9.17, 15) is 14.3 Å². The molecule has 0 spiro atoms. The van der Waals surface area contributed by atoms with Gasteiger partial charge in [-0.05, 0) is 74.4 Å². The van der Waals surface area contributed by atoms with Gasteiger partial charge in [-0.25, -0.2) is 22.8 Å². The molecule has 2 aliphatic rings. The lowest BCUT2D eigenvalue weighted by Crippen LogP contribution is -2.46. The molecule has 2 saturated heterocycles. The molecule has 1 aromatic heterocycles. The summed E-state index contributed by atoms with van der Waals surface area (Å²) in [6.07, 6.45) is 3.36. The number of anilines is 2. The van der Waals surface area contributed by atoms with Crippen LogP contribution in [0.1, 0.15) is 38.3 Å². The van der Waals surface area contributed by atoms with E-state index in [1.54, 1.807) is 14.0 Å². The number of hydrazone groups is 1. The molecule has 0 saturated carbocycles. The van der Waals surface area contributed by atoms with Gasteiger partial charge in [0.25, 0.3) is 0 Å². The van der Waals surface area contributed by atoms with Gasteiger partial charge < -0.3 is 24.4 Å². The Morgan fingerprint density at radius 3 is 2.27 bits per heavy atom. The van der Waals surface area contributed by atoms with Gasteiger partial charge in [0.05, 0.1) is 37.6 Å². The van der Waals surface area contributed by atoms with Crippen molar-refractivity contribution in [3.8, 4) is 11.4 Å². The maximum Gasteiger partial charge on any atom is 0.350 e. The molecule has 4 unspecified atom stereocenters. The number of aliphatic imine (C=N–C) groups is 1. The lowest BCUT2D eigenvalue weighted by Gasteiger charge is -2.37. The zero-order chi connectivity index (χ0) is 36.8. The first kappa shape index (κ1) is 36.7. The third-order valence-electron chi connectivity index (χ3n) is 9.93. The molecule has 0 amide bonds. The van der Waals surface area contributed by atoms with Gasteiger partial charge in [-0.3, -0.25) is 10.0 Å². The molecule has 6 rings (SSSR count). The first-order valence-electron chi connectivity index (χ1n) is 17.6. The number of piperazine rings is 1. The van der Waals surface area contributed by atoms with E-state index in [0.29, 0.717) is 26.1 Å². The number of nitrogens with zero attached hydrogens (tertiary/aromatic N) is 8. The largest absolute Gasteiger partial charge is 0.493 e. The molecule has 3 heterocycles. The Kier molecular flexibility index (Phi) is 11.3. The average Bonchev–Trinajstić information content (AvgIpc) is 3.74. The third-order valence-corrected chi connectivity index (χ3v) is 9.93. The standard InChI is InChI=1S/C38H46F2N8O4/c1-5-36(27(2)49)48-37(50)47(26-43-48)32-9-7-30(8-10-32)44-16-18-45(19-17-44)31-11-13-33(14-12-31)51-22-28-21-38(52-23-28,24-46(42-4)25-41-3)34-15-6-29(39)20-35(34)40/h6-15,20,25-28,36,49H,4-5,16-19,21-24H2,1-3H3. The monoisotopic (exact) mass is 716 g/mol. The van der Waals surface area contributed by atoms with Gasteiger partial charge >= 0.3 is 5.69 Å². The zero-order valence-electron chi connectivity index (χ0n) is 29.8. The Bertz CT molecular complexity index is 1890. The van der Waals surface area contributed by atoms with Gasteiger partial charge in [0.1, 0.15) is 35.7 Å². The summed E-state index contributed by atoms with van der Waals surface area (Å²) < 4.78 is 44.1. The molecule has 2 aliphatic heterocycles. The number of hydrogen-bond donors (Lipinski definition) is 1. The van der Waals surface area contributed by atoms with E-state index >= 15 is 4.39 Å². The van der Waals surface area contributed by atoms with Crippen LogP contribution in [0.2, 0.25) is 0 Å². The van der Waals surface area contributed by atoms with Gasteiger partial charge in [-0.15, -0.1) is 0 Å². The number of aliphatic hydroxyl groups excluding tert-OH is 1.